The van der Waals surface area contributed by atoms with Crippen molar-refractivity contribution in [2.75, 3.05) is 6.61 Å². The third-order valence-electron chi connectivity index (χ3n) is 5.18. The average Bonchev–Trinajstić information content (AvgIpc) is 2.69. The van der Waals surface area contributed by atoms with Crippen LogP contribution in [0.2, 0.25) is 5.02 Å². The molecular formula is C21H19ClF5N3O3. The molecule has 12 heteroatoms. The second kappa shape index (κ2) is 9.22. The summed E-state index contributed by atoms with van der Waals surface area (Å²) < 4.78 is 73.3. The van der Waals surface area contributed by atoms with Crippen LogP contribution in [0.5, 0.6) is 0 Å². The summed E-state index contributed by atoms with van der Waals surface area (Å²) in [6.45, 7) is 0.891. The number of Topliss-reactive ketones (excluding diaryl/α,β-unsaturated/α-hetero) is 1. The van der Waals surface area contributed by atoms with Crippen molar-refractivity contribution in [3.63, 3.8) is 0 Å². The molecule has 0 radical (unpaired) electrons. The van der Waals surface area contributed by atoms with Crippen molar-refractivity contribution < 1.29 is 36.6 Å². The highest BCUT2D eigenvalue weighted by atomic mass is 35.5. The number of pyridine rings is 1. The molecule has 3 rings (SSSR count). The van der Waals surface area contributed by atoms with Crippen molar-refractivity contribution in [1.29, 1.82) is 0 Å². The molecule has 0 saturated carbocycles. The van der Waals surface area contributed by atoms with E-state index in [0.717, 1.165) is 12.1 Å². The maximum Gasteiger partial charge on any atom is 0.425 e. The van der Waals surface area contributed by atoms with E-state index in [4.69, 9.17) is 17.3 Å². The van der Waals surface area contributed by atoms with Crippen LogP contribution in [0.1, 0.15) is 40.5 Å². The van der Waals surface area contributed by atoms with Crippen LogP contribution in [0, 0.1) is 11.6 Å². The van der Waals surface area contributed by atoms with Crippen molar-refractivity contribution in [1.82, 2.24) is 4.98 Å². The smallest absolute Gasteiger partial charge is 0.425 e. The minimum absolute atomic E-state index is 0.00866. The third kappa shape index (κ3) is 5.41. The Bertz CT molecular complexity index is 1110. The van der Waals surface area contributed by atoms with E-state index < -0.39 is 59.7 Å². The summed E-state index contributed by atoms with van der Waals surface area (Å²) in [6, 6.07) is 2.49. The molecule has 0 aliphatic carbocycles. The molecule has 33 heavy (non-hydrogen) atoms. The lowest BCUT2D eigenvalue weighted by atomic mass is 9.84. The van der Waals surface area contributed by atoms with Gasteiger partial charge in [0.05, 0.1) is 10.6 Å². The summed E-state index contributed by atoms with van der Waals surface area (Å²) in [5, 5.41) is 9.44. The van der Waals surface area contributed by atoms with Gasteiger partial charge in [-0.05, 0) is 42.7 Å². The first kappa shape index (κ1) is 24.8. The Kier molecular flexibility index (Phi) is 6.94. The molecule has 2 heterocycles. The van der Waals surface area contributed by atoms with E-state index in [1.165, 1.54) is 19.2 Å². The van der Waals surface area contributed by atoms with E-state index in [1.807, 2.05) is 0 Å². The highest BCUT2D eigenvalue weighted by Gasteiger charge is 2.50. The standard InChI is InChI=1S/C21H19ClF5N3O3/c1-20(8-16(21(25,26)27)33-19(28)30-20)13-4-10(5-14(23)17(13)24)6-15(32)18-11(2-3-31)7-12(22)9-29-18/h4-5,7,9,16,31H,2-3,6,8H2,1H3,(H2,28,30)/t16-,20-/m0/s1. The van der Waals surface area contributed by atoms with Gasteiger partial charge in [-0.25, -0.2) is 13.8 Å². The van der Waals surface area contributed by atoms with Gasteiger partial charge in [-0.2, -0.15) is 13.2 Å². The zero-order valence-electron chi connectivity index (χ0n) is 17.2. The number of carbonyl (C=O) groups excluding carboxylic acids is 1. The van der Waals surface area contributed by atoms with E-state index in [2.05, 4.69) is 14.7 Å². The molecule has 6 nitrogen and oxygen atoms in total. The summed E-state index contributed by atoms with van der Waals surface area (Å²) in [5.74, 6) is -3.35. The normalized spacial score (nSPS) is 20.8. The van der Waals surface area contributed by atoms with Crippen LogP contribution in [0.15, 0.2) is 29.4 Å². The average molecular weight is 492 g/mol. The van der Waals surface area contributed by atoms with Gasteiger partial charge in [-0.1, -0.05) is 11.6 Å². The number of hydrogen-bond donors (Lipinski definition) is 2. The molecule has 3 N–H and O–H groups in total. The van der Waals surface area contributed by atoms with Crippen LogP contribution in [0.3, 0.4) is 0 Å². The zero-order chi connectivity index (χ0) is 24.6. The quantitative estimate of drug-likeness (QED) is 0.472. The van der Waals surface area contributed by atoms with Crippen LogP contribution in [0.25, 0.3) is 0 Å². The van der Waals surface area contributed by atoms with Gasteiger partial charge >= 0.3 is 6.18 Å². The van der Waals surface area contributed by atoms with E-state index in [1.54, 1.807) is 0 Å². The monoisotopic (exact) mass is 491 g/mol. The Morgan fingerprint density at radius 3 is 2.67 bits per heavy atom. The fraction of sp³-hybridized carbons (Fsp3) is 0.381. The minimum Gasteiger partial charge on any atom is -0.452 e. The molecule has 1 aliphatic heterocycles. The summed E-state index contributed by atoms with van der Waals surface area (Å²) in [5.41, 5.74) is 3.34. The molecule has 1 aromatic heterocycles. The Morgan fingerprint density at radius 1 is 1.33 bits per heavy atom. The highest BCUT2D eigenvalue weighted by Crippen LogP contribution is 2.41. The maximum absolute atomic E-state index is 14.7. The number of rotatable bonds is 6. The Labute approximate surface area is 190 Å². The first-order chi connectivity index (χ1) is 15.3. The number of halogens is 6. The van der Waals surface area contributed by atoms with Crippen LogP contribution in [0.4, 0.5) is 22.0 Å². The fourth-order valence-electron chi connectivity index (χ4n) is 3.67. The molecule has 0 amide bonds. The topological polar surface area (TPSA) is 97.8 Å². The molecule has 0 spiro atoms. The van der Waals surface area contributed by atoms with Gasteiger partial charge in [0.25, 0.3) is 6.02 Å². The number of aliphatic imine (C=N–C) groups is 1. The van der Waals surface area contributed by atoms with Crippen molar-refractivity contribution in [3.8, 4) is 0 Å². The Balaban J connectivity index is 1.99. The van der Waals surface area contributed by atoms with Gasteiger partial charge in [0.1, 0.15) is 5.69 Å². The number of carbonyl (C=O) groups is 1. The molecule has 1 aromatic carbocycles. The SMILES string of the molecule is C[C@@]1(c2cc(CC(=O)c3ncc(Cl)cc3CCO)cc(F)c2F)C[C@@H](C(F)(F)F)OC(N)=N1. The summed E-state index contributed by atoms with van der Waals surface area (Å²) in [7, 11) is 0. The minimum atomic E-state index is -4.81. The Hall–Kier alpha value is -2.79. The number of nitrogens with zero attached hydrogens (tertiary/aromatic N) is 2. The molecule has 0 saturated heterocycles. The van der Waals surface area contributed by atoms with Crippen molar-refractivity contribution in [3.05, 3.63) is 63.4 Å². The number of aliphatic hydroxyl groups is 1. The van der Waals surface area contributed by atoms with Crippen molar-refractivity contribution in [2.24, 2.45) is 10.7 Å². The van der Waals surface area contributed by atoms with Crippen LogP contribution in [-0.4, -0.2) is 40.8 Å². The predicted octanol–water partition coefficient (Wildman–Crippen LogP) is 3.85. The largest absolute Gasteiger partial charge is 0.452 e. The maximum atomic E-state index is 14.7. The molecule has 0 bridgehead atoms. The molecule has 0 fully saturated rings. The van der Waals surface area contributed by atoms with Crippen LogP contribution >= 0.6 is 11.6 Å². The number of ketones is 1. The lowest BCUT2D eigenvalue weighted by molar-refractivity contribution is -0.208. The van der Waals surface area contributed by atoms with E-state index in [9.17, 15) is 31.9 Å². The second-order valence-corrected chi connectivity index (χ2v) is 8.19. The predicted molar refractivity (Wildman–Crippen MR) is 109 cm³/mol. The first-order valence-electron chi connectivity index (χ1n) is 9.69. The van der Waals surface area contributed by atoms with Crippen LogP contribution in [-0.2, 0) is 23.1 Å². The zero-order valence-corrected chi connectivity index (χ0v) is 18.0. The number of benzene rings is 1. The lowest BCUT2D eigenvalue weighted by Crippen LogP contribution is -2.46. The Morgan fingerprint density at radius 2 is 2.03 bits per heavy atom. The number of aliphatic hydroxyl groups excluding tert-OH is 1. The fourth-order valence-corrected chi connectivity index (χ4v) is 3.85. The molecule has 178 valence electrons. The summed E-state index contributed by atoms with van der Waals surface area (Å²) in [6.07, 6.45) is -7.15. The van der Waals surface area contributed by atoms with Crippen molar-refractivity contribution >= 4 is 23.4 Å². The summed E-state index contributed by atoms with van der Waals surface area (Å²) >= 11 is 5.87. The van der Waals surface area contributed by atoms with Gasteiger partial charge in [0, 0.05) is 31.2 Å². The second-order valence-electron chi connectivity index (χ2n) is 7.75. The summed E-state index contributed by atoms with van der Waals surface area (Å²) in [4.78, 5) is 20.6. The molecule has 0 unspecified atom stereocenters. The van der Waals surface area contributed by atoms with Crippen LogP contribution < -0.4 is 5.73 Å². The lowest BCUT2D eigenvalue weighted by Gasteiger charge is -2.36. The van der Waals surface area contributed by atoms with Gasteiger partial charge in [0.15, 0.2) is 23.5 Å². The van der Waals surface area contributed by atoms with Gasteiger partial charge in [-0.3, -0.25) is 9.78 Å². The number of hydrogen-bond acceptors (Lipinski definition) is 6. The van der Waals surface area contributed by atoms with Gasteiger partial charge in [-0.15, -0.1) is 0 Å². The number of nitrogens with two attached hydrogens (primary N) is 1. The number of ether oxygens (including phenoxy) is 1. The number of amidine groups is 1. The van der Waals surface area contributed by atoms with E-state index in [-0.39, 0.29) is 29.3 Å². The molecule has 2 aromatic rings. The molecule has 1 aliphatic rings. The number of aromatic nitrogens is 1. The van der Waals surface area contributed by atoms with E-state index >= 15 is 0 Å². The first-order valence-corrected chi connectivity index (χ1v) is 10.1. The van der Waals surface area contributed by atoms with Crippen molar-refractivity contribution in [2.45, 2.75) is 44.0 Å². The van der Waals surface area contributed by atoms with Gasteiger partial charge < -0.3 is 15.6 Å². The number of alkyl halides is 3. The highest BCUT2D eigenvalue weighted by molar-refractivity contribution is 6.30. The van der Waals surface area contributed by atoms with E-state index in [0.29, 0.717) is 5.56 Å². The van der Waals surface area contributed by atoms with Gasteiger partial charge in [0.2, 0.25) is 0 Å². The molecular weight excluding hydrogens is 473 g/mol. The molecule has 2 atom stereocenters. The third-order valence-corrected chi connectivity index (χ3v) is 5.39.